The van der Waals surface area contributed by atoms with E-state index in [1.165, 1.54) is 11.3 Å². The van der Waals surface area contributed by atoms with E-state index in [0.29, 0.717) is 43.2 Å². The van der Waals surface area contributed by atoms with E-state index in [1.807, 2.05) is 43.3 Å². The number of ether oxygens (including phenoxy) is 1. The van der Waals surface area contributed by atoms with Crippen molar-refractivity contribution in [2.75, 3.05) is 31.8 Å². The summed E-state index contributed by atoms with van der Waals surface area (Å²) in [4.78, 5) is 32.8. The van der Waals surface area contributed by atoms with Crippen molar-refractivity contribution in [1.29, 1.82) is 0 Å². The van der Waals surface area contributed by atoms with Crippen LogP contribution in [0.3, 0.4) is 0 Å². The number of fused-ring (bicyclic) bond motifs is 1. The normalized spacial score (nSPS) is 10.9. The number of carboxylic acids is 1. The Labute approximate surface area is 195 Å². The number of hydrogen-bond donors (Lipinski definition) is 2. The standard InChI is InChI=1S/C25H23N3O4S/c1-13-18(25(30)31)19(14-5-9-16(10-6-14)28(2)3)20-21(26)23(33-24(20)27-13)22(29)15-7-11-17(32-4)12-8-15/h5-12H,26H2,1-4H3,(H,30,31). The number of aromatic carboxylic acids is 1. The minimum absolute atomic E-state index is 0.0769. The van der Waals surface area contributed by atoms with Crippen molar-refractivity contribution in [3.05, 3.63) is 70.2 Å². The van der Waals surface area contributed by atoms with Gasteiger partial charge in [-0.15, -0.1) is 11.3 Å². The van der Waals surface area contributed by atoms with E-state index >= 15 is 0 Å². The number of methoxy groups -OCH3 is 1. The van der Waals surface area contributed by atoms with Crippen molar-refractivity contribution >= 4 is 44.7 Å². The molecule has 4 rings (SSSR count). The number of anilines is 2. The molecule has 0 atom stereocenters. The maximum absolute atomic E-state index is 13.2. The van der Waals surface area contributed by atoms with Gasteiger partial charge in [-0.1, -0.05) is 12.1 Å². The Morgan fingerprint density at radius 2 is 1.70 bits per heavy atom. The van der Waals surface area contributed by atoms with Crippen molar-refractivity contribution in [3.63, 3.8) is 0 Å². The number of aryl methyl sites for hydroxylation is 1. The van der Waals surface area contributed by atoms with E-state index in [1.54, 1.807) is 38.3 Å². The summed E-state index contributed by atoms with van der Waals surface area (Å²) >= 11 is 1.17. The van der Waals surface area contributed by atoms with Crippen LogP contribution >= 0.6 is 11.3 Å². The predicted molar refractivity (Wildman–Crippen MR) is 132 cm³/mol. The fraction of sp³-hybridized carbons (Fsp3) is 0.160. The maximum Gasteiger partial charge on any atom is 0.338 e. The second kappa shape index (κ2) is 8.55. The number of rotatable bonds is 6. The van der Waals surface area contributed by atoms with E-state index in [9.17, 15) is 14.7 Å². The van der Waals surface area contributed by atoms with Crippen LogP contribution < -0.4 is 15.4 Å². The number of carbonyl (C=O) groups is 2. The van der Waals surface area contributed by atoms with Gasteiger partial charge in [0, 0.05) is 36.3 Å². The highest BCUT2D eigenvalue weighted by Crippen LogP contribution is 2.43. The van der Waals surface area contributed by atoms with Crippen molar-refractivity contribution in [2.24, 2.45) is 0 Å². The monoisotopic (exact) mass is 461 g/mol. The predicted octanol–water partition coefficient (Wildman–Crippen LogP) is 4.86. The van der Waals surface area contributed by atoms with Gasteiger partial charge in [-0.2, -0.15) is 0 Å². The minimum Gasteiger partial charge on any atom is -0.497 e. The Bertz CT molecular complexity index is 1370. The summed E-state index contributed by atoms with van der Waals surface area (Å²) in [6.45, 7) is 1.65. The SMILES string of the molecule is COc1ccc(C(=O)c2sc3nc(C)c(C(=O)O)c(-c4ccc(N(C)C)cc4)c3c2N)cc1. The fourth-order valence-electron chi connectivity index (χ4n) is 3.78. The molecule has 2 heterocycles. The molecule has 33 heavy (non-hydrogen) atoms. The van der Waals surface area contributed by atoms with Crippen LogP contribution in [-0.4, -0.2) is 43.0 Å². The second-order valence-electron chi connectivity index (χ2n) is 7.78. The van der Waals surface area contributed by atoms with Crippen molar-refractivity contribution in [1.82, 2.24) is 4.98 Å². The summed E-state index contributed by atoms with van der Waals surface area (Å²) < 4.78 is 5.16. The molecule has 0 unspecified atom stereocenters. The van der Waals surface area contributed by atoms with Gasteiger partial charge >= 0.3 is 5.97 Å². The highest BCUT2D eigenvalue weighted by Gasteiger charge is 2.26. The molecule has 168 valence electrons. The molecule has 0 saturated heterocycles. The third-order valence-corrected chi connectivity index (χ3v) is 6.60. The number of ketones is 1. The molecule has 4 aromatic rings. The molecule has 2 aromatic heterocycles. The number of nitrogens with zero attached hydrogens (tertiary/aromatic N) is 2. The van der Waals surface area contributed by atoms with Crippen LogP contribution in [0.15, 0.2) is 48.5 Å². The van der Waals surface area contributed by atoms with Crippen LogP contribution in [0.1, 0.15) is 31.3 Å². The van der Waals surface area contributed by atoms with Crippen molar-refractivity contribution in [3.8, 4) is 16.9 Å². The number of nitrogen functional groups attached to an aromatic ring is 1. The third kappa shape index (κ3) is 3.89. The molecule has 0 bridgehead atoms. The molecular weight excluding hydrogens is 438 g/mol. The summed E-state index contributed by atoms with van der Waals surface area (Å²) in [5, 5.41) is 10.5. The molecule has 0 amide bonds. The molecule has 7 nitrogen and oxygen atoms in total. The first-order valence-electron chi connectivity index (χ1n) is 10.1. The molecule has 0 aliphatic heterocycles. The zero-order valence-corrected chi connectivity index (χ0v) is 19.5. The Kier molecular flexibility index (Phi) is 5.78. The van der Waals surface area contributed by atoms with Gasteiger partial charge in [0.05, 0.1) is 24.1 Å². The lowest BCUT2D eigenvalue weighted by molar-refractivity contribution is 0.0696. The number of carbonyl (C=O) groups excluding carboxylic acids is 1. The first kappa shape index (κ1) is 22.3. The average molecular weight is 462 g/mol. The first-order chi connectivity index (χ1) is 15.7. The van der Waals surface area contributed by atoms with Gasteiger partial charge < -0.3 is 20.5 Å². The number of aromatic nitrogens is 1. The molecule has 0 fully saturated rings. The quantitative estimate of drug-likeness (QED) is 0.395. The summed E-state index contributed by atoms with van der Waals surface area (Å²) in [5.41, 5.74) is 9.77. The van der Waals surface area contributed by atoms with Crippen LogP contribution in [0.4, 0.5) is 11.4 Å². The van der Waals surface area contributed by atoms with Crippen molar-refractivity contribution < 1.29 is 19.4 Å². The summed E-state index contributed by atoms with van der Waals surface area (Å²) in [5.74, 6) is -0.702. The topological polar surface area (TPSA) is 106 Å². The second-order valence-corrected chi connectivity index (χ2v) is 8.78. The highest BCUT2D eigenvalue weighted by atomic mass is 32.1. The number of hydrogen-bond acceptors (Lipinski definition) is 7. The largest absolute Gasteiger partial charge is 0.497 e. The minimum atomic E-state index is -1.10. The van der Waals surface area contributed by atoms with Crippen LogP contribution in [0, 0.1) is 6.92 Å². The molecule has 0 saturated carbocycles. The van der Waals surface area contributed by atoms with Crippen molar-refractivity contribution in [2.45, 2.75) is 6.92 Å². The smallest absolute Gasteiger partial charge is 0.338 e. The molecule has 0 aliphatic rings. The van der Waals surface area contributed by atoms with E-state index < -0.39 is 5.97 Å². The average Bonchev–Trinajstić information content (AvgIpc) is 3.13. The lowest BCUT2D eigenvalue weighted by atomic mass is 9.94. The van der Waals surface area contributed by atoms with Gasteiger partial charge in [0.25, 0.3) is 0 Å². The summed E-state index contributed by atoms with van der Waals surface area (Å²) in [6, 6.07) is 14.3. The lowest BCUT2D eigenvalue weighted by Gasteiger charge is -2.15. The lowest BCUT2D eigenvalue weighted by Crippen LogP contribution is -2.09. The Morgan fingerprint density at radius 3 is 2.24 bits per heavy atom. The van der Waals surface area contributed by atoms with Gasteiger partial charge in [-0.3, -0.25) is 4.79 Å². The number of nitrogens with two attached hydrogens (primary N) is 1. The zero-order chi connectivity index (χ0) is 23.9. The number of thiophene rings is 1. The van der Waals surface area contributed by atoms with E-state index in [4.69, 9.17) is 10.5 Å². The Morgan fingerprint density at radius 1 is 1.06 bits per heavy atom. The molecule has 0 aliphatic carbocycles. The first-order valence-corrected chi connectivity index (χ1v) is 11.0. The molecule has 0 radical (unpaired) electrons. The number of carboxylic acid groups (broad SMARTS) is 1. The van der Waals surface area contributed by atoms with Gasteiger partial charge in [0.15, 0.2) is 0 Å². The zero-order valence-electron chi connectivity index (χ0n) is 18.7. The molecule has 3 N–H and O–H groups in total. The van der Waals surface area contributed by atoms with E-state index in [0.717, 1.165) is 5.69 Å². The third-order valence-electron chi connectivity index (χ3n) is 5.50. The Balaban J connectivity index is 1.95. The highest BCUT2D eigenvalue weighted by molar-refractivity contribution is 7.21. The maximum atomic E-state index is 13.2. The van der Waals surface area contributed by atoms with Gasteiger partial charge in [-0.05, 0) is 48.9 Å². The van der Waals surface area contributed by atoms with Gasteiger partial charge in [0.2, 0.25) is 5.78 Å². The fourth-order valence-corrected chi connectivity index (χ4v) is 4.90. The number of benzene rings is 2. The van der Waals surface area contributed by atoms with Crippen LogP contribution in [-0.2, 0) is 0 Å². The van der Waals surface area contributed by atoms with Crippen LogP contribution in [0.2, 0.25) is 0 Å². The van der Waals surface area contributed by atoms with Crippen LogP contribution in [0.25, 0.3) is 21.3 Å². The number of pyridine rings is 1. The molecular formula is C25H23N3O4S. The molecule has 8 heteroatoms. The van der Waals surface area contributed by atoms with Crippen LogP contribution in [0.5, 0.6) is 5.75 Å². The summed E-state index contributed by atoms with van der Waals surface area (Å²) in [7, 11) is 5.42. The Hall–Kier alpha value is -3.91. The molecule has 0 spiro atoms. The molecule has 2 aromatic carbocycles. The van der Waals surface area contributed by atoms with E-state index in [-0.39, 0.29) is 17.0 Å². The summed E-state index contributed by atoms with van der Waals surface area (Å²) in [6.07, 6.45) is 0. The van der Waals surface area contributed by atoms with E-state index in [2.05, 4.69) is 4.98 Å². The van der Waals surface area contributed by atoms with Gasteiger partial charge in [0.1, 0.15) is 15.5 Å². The van der Waals surface area contributed by atoms with Gasteiger partial charge in [-0.25, -0.2) is 9.78 Å².